The lowest BCUT2D eigenvalue weighted by Gasteiger charge is -2.09. The minimum absolute atomic E-state index is 0.116. The number of halogens is 2. The first-order chi connectivity index (χ1) is 14.7. The van der Waals surface area contributed by atoms with Crippen LogP contribution in [-0.2, 0) is 16.4 Å². The quantitative estimate of drug-likeness (QED) is 0.488. The number of rotatable bonds is 5. The topological polar surface area (TPSA) is 81.1 Å². The summed E-state index contributed by atoms with van der Waals surface area (Å²) in [5, 5.41) is 8.04. The normalized spacial score (nSPS) is 11.6. The maximum Gasteiger partial charge on any atom is 0.252 e. The first-order valence-electron chi connectivity index (χ1n) is 9.23. The van der Waals surface area contributed by atoms with Gasteiger partial charge in [-0.3, -0.25) is 4.79 Å². The molecule has 31 heavy (non-hydrogen) atoms. The summed E-state index contributed by atoms with van der Waals surface area (Å²) in [6.45, 7) is 0.129. The zero-order valence-corrected chi connectivity index (χ0v) is 17.9. The van der Waals surface area contributed by atoms with Gasteiger partial charge in [-0.2, -0.15) is 5.10 Å². The van der Waals surface area contributed by atoms with Crippen LogP contribution < -0.4 is 5.32 Å². The predicted molar refractivity (Wildman–Crippen MR) is 117 cm³/mol. The predicted octanol–water partition coefficient (Wildman–Crippen LogP) is 4.15. The molecule has 0 bridgehead atoms. The van der Waals surface area contributed by atoms with Gasteiger partial charge in [-0.1, -0.05) is 23.7 Å². The molecule has 3 aromatic carbocycles. The molecule has 0 spiro atoms. The number of sulfone groups is 1. The van der Waals surface area contributed by atoms with Gasteiger partial charge in [0.25, 0.3) is 5.91 Å². The van der Waals surface area contributed by atoms with Crippen molar-refractivity contribution in [2.75, 3.05) is 6.26 Å². The van der Waals surface area contributed by atoms with Crippen LogP contribution in [0.1, 0.15) is 15.9 Å². The first-order valence-corrected chi connectivity index (χ1v) is 11.5. The van der Waals surface area contributed by atoms with Gasteiger partial charge in [0.2, 0.25) is 0 Å². The molecule has 1 heterocycles. The minimum atomic E-state index is -3.37. The van der Waals surface area contributed by atoms with Crippen LogP contribution in [0.15, 0.2) is 71.8 Å². The number of nitrogens with one attached hydrogen (secondary N) is 1. The van der Waals surface area contributed by atoms with Gasteiger partial charge in [0.1, 0.15) is 5.82 Å². The summed E-state index contributed by atoms with van der Waals surface area (Å²) in [6.07, 6.45) is 2.69. The largest absolute Gasteiger partial charge is 0.348 e. The zero-order chi connectivity index (χ0) is 22.2. The van der Waals surface area contributed by atoms with Crippen LogP contribution in [0.25, 0.3) is 16.6 Å². The van der Waals surface area contributed by atoms with Crippen molar-refractivity contribution < 1.29 is 17.6 Å². The summed E-state index contributed by atoms with van der Waals surface area (Å²) in [4.78, 5) is 12.9. The summed E-state index contributed by atoms with van der Waals surface area (Å²) >= 11 is 6.19. The van der Waals surface area contributed by atoms with Crippen molar-refractivity contribution in [1.29, 1.82) is 0 Å². The molecule has 0 atom stereocenters. The van der Waals surface area contributed by atoms with E-state index in [1.807, 2.05) is 6.07 Å². The number of hydrogen-bond donors (Lipinski definition) is 1. The molecule has 158 valence electrons. The first kappa shape index (κ1) is 21.0. The lowest BCUT2D eigenvalue weighted by molar-refractivity contribution is 0.0952. The van der Waals surface area contributed by atoms with Gasteiger partial charge in [0.05, 0.1) is 27.9 Å². The maximum atomic E-state index is 13.2. The van der Waals surface area contributed by atoms with E-state index in [2.05, 4.69) is 10.4 Å². The molecule has 0 unspecified atom stereocenters. The Morgan fingerprint density at radius 3 is 2.55 bits per heavy atom. The van der Waals surface area contributed by atoms with Gasteiger partial charge >= 0.3 is 0 Å². The van der Waals surface area contributed by atoms with E-state index < -0.39 is 9.84 Å². The second-order valence-corrected chi connectivity index (χ2v) is 9.40. The number of carbonyl (C=O) groups is 1. The minimum Gasteiger partial charge on any atom is -0.348 e. The van der Waals surface area contributed by atoms with Crippen LogP contribution in [0.2, 0.25) is 5.02 Å². The number of carbonyl (C=O) groups excluding carboxylic acids is 1. The highest BCUT2D eigenvalue weighted by atomic mass is 35.5. The average Bonchev–Trinajstić information content (AvgIpc) is 3.16. The van der Waals surface area contributed by atoms with Gasteiger partial charge in [-0.05, 0) is 54.1 Å². The second kappa shape index (κ2) is 8.13. The molecule has 0 aliphatic rings. The third-order valence-electron chi connectivity index (χ3n) is 4.82. The van der Waals surface area contributed by atoms with Gasteiger partial charge in [0, 0.05) is 23.2 Å². The van der Waals surface area contributed by atoms with E-state index in [1.165, 1.54) is 24.3 Å². The summed E-state index contributed by atoms with van der Waals surface area (Å²) in [7, 11) is -3.37. The lowest BCUT2D eigenvalue weighted by Crippen LogP contribution is -2.23. The summed E-state index contributed by atoms with van der Waals surface area (Å²) in [5.74, 6) is -0.670. The Kier molecular flexibility index (Phi) is 5.51. The summed E-state index contributed by atoms with van der Waals surface area (Å²) in [6, 6.07) is 15.6. The monoisotopic (exact) mass is 457 g/mol. The molecule has 4 aromatic rings. The summed E-state index contributed by atoms with van der Waals surface area (Å²) < 4.78 is 38.1. The third-order valence-corrected chi connectivity index (χ3v) is 6.28. The molecular formula is C22H17ClFN3O3S. The number of amides is 1. The fourth-order valence-corrected chi connectivity index (χ4v) is 4.17. The van der Waals surface area contributed by atoms with E-state index in [0.29, 0.717) is 27.7 Å². The van der Waals surface area contributed by atoms with E-state index in [1.54, 1.807) is 41.2 Å². The van der Waals surface area contributed by atoms with Crippen molar-refractivity contribution in [1.82, 2.24) is 15.1 Å². The number of fused-ring (bicyclic) bond motifs is 1. The van der Waals surface area contributed by atoms with Crippen molar-refractivity contribution in [3.05, 3.63) is 88.8 Å². The fraction of sp³-hybridized carbons (Fsp3) is 0.0909. The second-order valence-electron chi connectivity index (χ2n) is 6.98. The fourth-order valence-electron chi connectivity index (χ4n) is 3.21. The number of hydrogen-bond acceptors (Lipinski definition) is 4. The third kappa shape index (κ3) is 4.30. The Bertz CT molecular complexity index is 1400. The van der Waals surface area contributed by atoms with E-state index >= 15 is 0 Å². The van der Waals surface area contributed by atoms with Gasteiger partial charge in [-0.15, -0.1) is 0 Å². The van der Waals surface area contributed by atoms with Gasteiger partial charge in [0.15, 0.2) is 9.84 Å². The van der Waals surface area contributed by atoms with Crippen LogP contribution in [-0.4, -0.2) is 30.4 Å². The molecule has 0 aliphatic carbocycles. The van der Waals surface area contributed by atoms with Crippen LogP contribution in [0.5, 0.6) is 0 Å². The van der Waals surface area contributed by atoms with Crippen LogP contribution >= 0.6 is 11.6 Å². The Balaban J connectivity index is 1.58. The number of aromatic nitrogens is 2. The number of benzene rings is 3. The Morgan fingerprint density at radius 1 is 1.13 bits per heavy atom. The molecule has 1 aromatic heterocycles. The van der Waals surface area contributed by atoms with Gasteiger partial charge in [-0.25, -0.2) is 17.5 Å². The highest BCUT2D eigenvalue weighted by Gasteiger charge is 2.15. The Labute approximate surface area is 183 Å². The Hall–Kier alpha value is -3.23. The molecule has 0 radical (unpaired) electrons. The van der Waals surface area contributed by atoms with E-state index in [4.69, 9.17) is 11.6 Å². The maximum absolute atomic E-state index is 13.2. The molecule has 0 saturated heterocycles. The highest BCUT2D eigenvalue weighted by molar-refractivity contribution is 7.90. The average molecular weight is 458 g/mol. The van der Waals surface area contributed by atoms with E-state index in [0.717, 1.165) is 6.26 Å². The van der Waals surface area contributed by atoms with Crippen molar-refractivity contribution in [3.8, 4) is 5.69 Å². The smallest absolute Gasteiger partial charge is 0.252 e. The molecule has 1 amide bonds. The molecule has 4 rings (SSSR count). The summed E-state index contributed by atoms with van der Waals surface area (Å²) in [5.41, 5.74) is 2.40. The van der Waals surface area contributed by atoms with Crippen LogP contribution in [0, 0.1) is 5.82 Å². The molecule has 0 saturated carbocycles. The van der Waals surface area contributed by atoms with Crippen molar-refractivity contribution in [2.45, 2.75) is 11.4 Å². The molecule has 0 fully saturated rings. The van der Waals surface area contributed by atoms with Crippen molar-refractivity contribution in [3.63, 3.8) is 0 Å². The lowest BCUT2D eigenvalue weighted by atomic mass is 10.1. The molecule has 6 nitrogen and oxygen atoms in total. The standard InChI is InChI=1S/C22H17ClFN3O3S/c1-31(29,30)17-10-5-14(20(23)11-17)12-25-22(28)18-3-2-4-21-19(18)13-26-27(21)16-8-6-15(24)7-9-16/h2-11,13H,12H2,1H3,(H,25,28). The molecular weight excluding hydrogens is 441 g/mol. The van der Waals surface area contributed by atoms with Crippen LogP contribution in [0.4, 0.5) is 4.39 Å². The van der Waals surface area contributed by atoms with Crippen LogP contribution in [0.3, 0.4) is 0 Å². The molecule has 0 aliphatic heterocycles. The van der Waals surface area contributed by atoms with Crippen molar-refractivity contribution in [2.24, 2.45) is 0 Å². The Morgan fingerprint density at radius 2 is 1.87 bits per heavy atom. The van der Waals surface area contributed by atoms with Crippen molar-refractivity contribution >= 4 is 38.2 Å². The molecule has 9 heteroatoms. The number of nitrogens with zero attached hydrogens (tertiary/aromatic N) is 2. The molecule has 1 N–H and O–H groups in total. The van der Waals surface area contributed by atoms with Gasteiger partial charge < -0.3 is 5.32 Å². The zero-order valence-electron chi connectivity index (χ0n) is 16.3. The van der Waals surface area contributed by atoms with E-state index in [-0.39, 0.29) is 28.2 Å². The highest BCUT2D eigenvalue weighted by Crippen LogP contribution is 2.23. The van der Waals surface area contributed by atoms with E-state index in [9.17, 15) is 17.6 Å². The SMILES string of the molecule is CS(=O)(=O)c1ccc(CNC(=O)c2cccc3c2cnn3-c2ccc(F)cc2)c(Cl)c1.